The number of nitrogens with zero attached hydrogens (tertiary/aromatic N) is 3. The summed E-state index contributed by atoms with van der Waals surface area (Å²) in [6.45, 7) is 0.559. The first-order valence-electron chi connectivity index (χ1n) is 11.1. The van der Waals surface area contributed by atoms with Crippen LogP contribution in [0.25, 0.3) is 6.08 Å². The molecule has 2 atom stereocenters. The van der Waals surface area contributed by atoms with Crippen molar-refractivity contribution in [2.45, 2.75) is 23.8 Å². The van der Waals surface area contributed by atoms with Gasteiger partial charge in [-0.2, -0.15) is 9.40 Å². The molecule has 1 aromatic heterocycles. The Bertz CT molecular complexity index is 1330. The topological polar surface area (TPSA) is 69.3 Å². The van der Waals surface area contributed by atoms with Crippen LogP contribution in [0.15, 0.2) is 65.2 Å². The Morgan fingerprint density at radius 3 is 2.35 bits per heavy atom. The Balaban J connectivity index is 1.63. The molecule has 2 aromatic carbocycles. The van der Waals surface area contributed by atoms with Crippen molar-refractivity contribution in [3.8, 4) is 0 Å². The monoisotopic (exact) mass is 484 g/mol. The van der Waals surface area contributed by atoms with Crippen molar-refractivity contribution in [1.82, 2.24) is 19.4 Å². The zero-order valence-corrected chi connectivity index (χ0v) is 19.8. The van der Waals surface area contributed by atoms with Crippen LogP contribution in [0, 0.1) is 17.0 Å². The Morgan fingerprint density at radius 1 is 1.06 bits per heavy atom. The number of benzene rings is 2. The number of rotatable bonds is 5. The predicted octanol–water partition coefficient (Wildman–Crippen LogP) is 4.01. The molecular weight excluding hydrogens is 458 g/mol. The first-order valence-corrected chi connectivity index (χ1v) is 12.6. The van der Waals surface area contributed by atoms with Gasteiger partial charge in [-0.3, -0.25) is 5.10 Å². The number of aromatic amines is 1. The van der Waals surface area contributed by atoms with Crippen LogP contribution in [-0.2, 0) is 16.4 Å². The van der Waals surface area contributed by atoms with E-state index in [-0.39, 0.29) is 23.3 Å². The summed E-state index contributed by atoms with van der Waals surface area (Å²) in [5.41, 5.74) is 3.41. The third-order valence-corrected chi connectivity index (χ3v) is 8.84. The van der Waals surface area contributed by atoms with Gasteiger partial charge >= 0.3 is 0 Å². The van der Waals surface area contributed by atoms with Gasteiger partial charge in [-0.15, -0.1) is 0 Å². The van der Waals surface area contributed by atoms with Crippen LogP contribution in [0.1, 0.15) is 29.3 Å². The molecule has 1 unspecified atom stereocenters. The molecular formula is C25H26F2N4O2S. The fourth-order valence-corrected chi connectivity index (χ4v) is 7.06. The molecule has 0 amide bonds. The van der Waals surface area contributed by atoms with E-state index in [0.29, 0.717) is 19.4 Å². The van der Waals surface area contributed by atoms with E-state index in [1.54, 1.807) is 18.3 Å². The van der Waals surface area contributed by atoms with E-state index in [1.165, 1.54) is 28.6 Å². The predicted molar refractivity (Wildman–Crippen MR) is 125 cm³/mol. The molecule has 5 rings (SSSR count). The van der Waals surface area contributed by atoms with Gasteiger partial charge < -0.3 is 4.90 Å². The molecule has 1 aliphatic heterocycles. The minimum absolute atomic E-state index is 0.0690. The molecule has 3 aromatic rings. The third-order valence-electron chi connectivity index (χ3n) is 6.98. The molecule has 0 spiro atoms. The Labute approximate surface area is 198 Å². The molecule has 0 saturated carbocycles. The van der Waals surface area contributed by atoms with Gasteiger partial charge in [0, 0.05) is 24.5 Å². The fraction of sp³-hybridized carbons (Fsp3) is 0.320. The van der Waals surface area contributed by atoms with Gasteiger partial charge in [0.15, 0.2) is 0 Å². The van der Waals surface area contributed by atoms with Gasteiger partial charge in [-0.05, 0) is 80.5 Å². The number of aromatic nitrogens is 2. The lowest BCUT2D eigenvalue weighted by molar-refractivity contribution is 0.0881. The Hall–Kier alpha value is -2.88. The molecule has 1 N–H and O–H groups in total. The number of piperidine rings is 1. The summed E-state index contributed by atoms with van der Waals surface area (Å²) in [5.74, 6) is -0.803. The van der Waals surface area contributed by atoms with Crippen LogP contribution in [0.4, 0.5) is 8.78 Å². The molecule has 1 saturated heterocycles. The number of hydrogen-bond acceptors (Lipinski definition) is 4. The van der Waals surface area contributed by atoms with Crippen LogP contribution in [0.5, 0.6) is 0 Å². The zero-order chi connectivity index (χ0) is 24.1. The summed E-state index contributed by atoms with van der Waals surface area (Å²) in [4.78, 5) is 2.14. The van der Waals surface area contributed by atoms with Gasteiger partial charge in [0.25, 0.3) is 0 Å². The summed E-state index contributed by atoms with van der Waals surface area (Å²) in [7, 11) is 0.0720. The van der Waals surface area contributed by atoms with Crippen LogP contribution < -0.4 is 0 Å². The van der Waals surface area contributed by atoms with E-state index in [2.05, 4.69) is 21.2 Å². The van der Waals surface area contributed by atoms with Gasteiger partial charge in [0.2, 0.25) is 10.0 Å². The zero-order valence-electron chi connectivity index (χ0n) is 19.0. The lowest BCUT2D eigenvalue weighted by Crippen LogP contribution is -2.54. The summed E-state index contributed by atoms with van der Waals surface area (Å²) in [6, 6.07) is 11.1. The number of nitrogens with one attached hydrogen (secondary N) is 1. The van der Waals surface area contributed by atoms with E-state index in [4.69, 9.17) is 0 Å². The van der Waals surface area contributed by atoms with Crippen LogP contribution >= 0.6 is 0 Å². The molecule has 2 heterocycles. The van der Waals surface area contributed by atoms with Crippen molar-refractivity contribution in [1.29, 1.82) is 0 Å². The molecule has 1 aliphatic carbocycles. The number of fused-ring (bicyclic) bond motifs is 2. The van der Waals surface area contributed by atoms with E-state index in [9.17, 15) is 17.2 Å². The summed E-state index contributed by atoms with van der Waals surface area (Å²) >= 11 is 0. The van der Waals surface area contributed by atoms with Crippen molar-refractivity contribution in [3.05, 3.63) is 88.8 Å². The number of hydrogen-bond donors (Lipinski definition) is 1. The largest absolute Gasteiger partial charge is 0.301 e. The van der Waals surface area contributed by atoms with Crippen molar-refractivity contribution < 1.29 is 17.2 Å². The SMILES string of the molecule is CN(C)[C@@H](c1ccc(F)cc1)C12Cc3cn[nH]c3C=C1CCN(S(=O)(=O)c1ccc(F)cc1)C2. The second kappa shape index (κ2) is 8.41. The van der Waals surface area contributed by atoms with Crippen molar-refractivity contribution in [2.75, 3.05) is 27.2 Å². The quantitative estimate of drug-likeness (QED) is 0.594. The minimum Gasteiger partial charge on any atom is -0.301 e. The van der Waals surface area contributed by atoms with Crippen molar-refractivity contribution >= 4 is 16.1 Å². The van der Waals surface area contributed by atoms with E-state index >= 15 is 0 Å². The summed E-state index contributed by atoms with van der Waals surface area (Å²) in [5, 5.41) is 7.24. The summed E-state index contributed by atoms with van der Waals surface area (Å²) in [6.07, 6.45) is 5.01. The highest BCUT2D eigenvalue weighted by atomic mass is 32.2. The van der Waals surface area contributed by atoms with Crippen LogP contribution in [0.2, 0.25) is 0 Å². The number of halogens is 2. The number of sulfonamides is 1. The molecule has 2 aliphatic rings. The standard InChI is InChI=1S/C25H26F2N4O2S/c1-30(2)24(17-3-5-20(26)6-4-17)25-14-18-15-28-29-23(18)13-19(25)11-12-31(16-25)34(32,33)22-9-7-21(27)8-10-22/h3-10,13,15,24H,11-12,14,16H2,1-2H3,(H,28,29)/t24-,25?/m0/s1. The molecule has 9 heteroatoms. The van der Waals surface area contributed by atoms with Crippen molar-refractivity contribution in [3.63, 3.8) is 0 Å². The fourth-order valence-electron chi connectivity index (χ4n) is 5.55. The van der Waals surface area contributed by atoms with Crippen LogP contribution in [-0.4, -0.2) is 55.0 Å². The minimum atomic E-state index is -3.84. The third kappa shape index (κ3) is 3.77. The van der Waals surface area contributed by atoms with E-state index in [0.717, 1.165) is 34.5 Å². The maximum Gasteiger partial charge on any atom is 0.243 e. The smallest absolute Gasteiger partial charge is 0.243 e. The average Bonchev–Trinajstić information content (AvgIpc) is 3.25. The number of H-pyrrole nitrogens is 1. The highest BCUT2D eigenvalue weighted by molar-refractivity contribution is 7.89. The second-order valence-corrected chi connectivity index (χ2v) is 11.2. The molecule has 34 heavy (non-hydrogen) atoms. The first-order chi connectivity index (χ1) is 16.2. The van der Waals surface area contributed by atoms with E-state index in [1.807, 2.05) is 14.1 Å². The maximum absolute atomic E-state index is 13.8. The summed E-state index contributed by atoms with van der Waals surface area (Å²) < 4.78 is 55.9. The van der Waals surface area contributed by atoms with Crippen molar-refractivity contribution in [2.24, 2.45) is 5.41 Å². The molecule has 1 fully saturated rings. The molecule has 178 valence electrons. The highest BCUT2D eigenvalue weighted by Crippen LogP contribution is 2.53. The average molecular weight is 485 g/mol. The van der Waals surface area contributed by atoms with Gasteiger partial charge in [0.05, 0.1) is 16.8 Å². The lowest BCUT2D eigenvalue weighted by atomic mass is 9.62. The normalized spacial score (nSPS) is 21.6. The van der Waals surface area contributed by atoms with Gasteiger partial charge in [0.1, 0.15) is 11.6 Å². The van der Waals surface area contributed by atoms with Gasteiger partial charge in [-0.25, -0.2) is 17.2 Å². The molecule has 6 nitrogen and oxygen atoms in total. The maximum atomic E-state index is 13.8. The molecule has 0 bridgehead atoms. The van der Waals surface area contributed by atoms with E-state index < -0.39 is 21.3 Å². The molecule has 0 radical (unpaired) electrons. The lowest BCUT2D eigenvalue weighted by Gasteiger charge is -2.52. The first kappa shape index (κ1) is 22.9. The Morgan fingerprint density at radius 2 is 1.71 bits per heavy atom. The van der Waals surface area contributed by atoms with Gasteiger partial charge in [-0.1, -0.05) is 17.7 Å². The Kier molecular flexibility index (Phi) is 5.66. The van der Waals surface area contributed by atoms with Crippen LogP contribution in [0.3, 0.4) is 0 Å². The highest BCUT2D eigenvalue weighted by Gasteiger charge is 2.51. The second-order valence-electron chi connectivity index (χ2n) is 9.27.